The number of nitrogens with one attached hydrogen (secondary N) is 4. The molecule has 0 amide bonds. The molecule has 4 aliphatic heterocycles. The number of allylic oxidation sites excluding steroid dienone is 8. The van der Waals surface area contributed by atoms with Crippen LogP contribution in [0.3, 0.4) is 0 Å². The van der Waals surface area contributed by atoms with E-state index < -0.39 is 23.9 Å². The van der Waals surface area contributed by atoms with E-state index in [1.807, 2.05) is 64.1 Å². The van der Waals surface area contributed by atoms with E-state index in [1.165, 1.54) is 33.4 Å². The van der Waals surface area contributed by atoms with Crippen LogP contribution < -0.4 is 20.4 Å². The minimum atomic E-state index is -1.13. The summed E-state index contributed by atoms with van der Waals surface area (Å²) >= 11 is 0. The van der Waals surface area contributed by atoms with E-state index in [4.69, 9.17) is 19.9 Å². The predicted octanol–water partition coefficient (Wildman–Crippen LogP) is 9.95. The Morgan fingerprint density at radius 1 is 0.318 bits per heavy atom. The Hall–Kier alpha value is -8.30. The fourth-order valence-corrected chi connectivity index (χ4v) is 12.4. The van der Waals surface area contributed by atoms with Crippen LogP contribution in [-0.2, 0) is 64.3 Å². The van der Waals surface area contributed by atoms with Crippen LogP contribution in [-0.4, -0.2) is 63.7 Å². The summed E-state index contributed by atoms with van der Waals surface area (Å²) in [4.78, 5) is 80.0. The Labute approximate surface area is 507 Å². The zero-order valence-electron chi connectivity index (χ0n) is 50.5. The van der Waals surface area contributed by atoms with Gasteiger partial charge in [0, 0.05) is 68.0 Å². The molecule has 17 heteroatoms. The summed E-state index contributed by atoms with van der Waals surface area (Å²) in [5.74, 6) is -4.50. The van der Waals surface area contributed by atoms with Crippen LogP contribution in [0.2, 0.25) is 0 Å². The van der Waals surface area contributed by atoms with Crippen molar-refractivity contribution in [1.82, 2.24) is 39.9 Å². The Morgan fingerprint density at radius 3 is 0.729 bits per heavy atom. The number of aryl methyl sites for hydroxylation is 8. The third kappa shape index (κ3) is 12.7. The Kier molecular flexibility index (Phi) is 19.1. The molecule has 4 N–H and O–H groups in total. The molecular weight excluding hydrogens is 1160 g/mol. The molecule has 0 aliphatic carbocycles. The zero-order chi connectivity index (χ0) is 60.6. The number of aromatic nitrogens is 8. The molecule has 0 radical (unpaired) electrons. The second-order valence-corrected chi connectivity index (χ2v) is 22.2. The number of H-pyrrole nitrogens is 4. The van der Waals surface area contributed by atoms with Crippen LogP contribution in [0.5, 0.6) is 0 Å². The van der Waals surface area contributed by atoms with Crippen LogP contribution >= 0.6 is 0 Å². The maximum Gasteiger partial charge on any atom is 4.00 e. The summed E-state index contributed by atoms with van der Waals surface area (Å²) in [6.07, 6.45) is 3.92. The van der Waals surface area contributed by atoms with Gasteiger partial charge in [0.25, 0.3) is 0 Å². The van der Waals surface area contributed by atoms with Crippen molar-refractivity contribution >= 4 is 113 Å². The quantitative estimate of drug-likeness (QED) is 0.0659. The van der Waals surface area contributed by atoms with Gasteiger partial charge in [-0.15, -0.1) is 0 Å². The van der Waals surface area contributed by atoms with Gasteiger partial charge in [-0.3, -0.25) is 0 Å². The van der Waals surface area contributed by atoms with Gasteiger partial charge in [0.1, 0.15) is 0 Å². The van der Waals surface area contributed by atoms with Gasteiger partial charge in [0.15, 0.2) is 0 Å². The maximum atomic E-state index is 11.4. The fraction of sp³-hybridized carbons (Fsp3) is 0.353. The molecular formula is C68H72N8O8Ru. The number of hydrogen-bond donors (Lipinski definition) is 4. The number of rotatable bonds is 16. The van der Waals surface area contributed by atoms with Gasteiger partial charge in [-0.1, -0.05) is 27.7 Å². The smallest absolute Gasteiger partial charge is 0.550 e. The Morgan fingerprint density at radius 2 is 0.518 bits per heavy atom. The molecule has 0 aromatic carbocycles. The van der Waals surface area contributed by atoms with Crippen molar-refractivity contribution in [2.75, 3.05) is 0 Å². The van der Waals surface area contributed by atoms with E-state index in [0.29, 0.717) is 22.8 Å². The van der Waals surface area contributed by atoms with Crippen molar-refractivity contribution in [2.24, 2.45) is 0 Å². The first-order valence-corrected chi connectivity index (χ1v) is 29.1. The van der Waals surface area contributed by atoms with Crippen LogP contribution in [0, 0.1) is 27.7 Å². The molecule has 0 fully saturated rings. The third-order valence-corrected chi connectivity index (χ3v) is 17.3. The molecule has 0 spiro atoms. The largest absolute Gasteiger partial charge is 4.00 e. The van der Waals surface area contributed by atoms with Gasteiger partial charge in [-0.05, 0) is 270 Å². The molecule has 0 unspecified atom stereocenters. The van der Waals surface area contributed by atoms with Gasteiger partial charge in [-0.2, -0.15) is 0 Å². The molecule has 16 nitrogen and oxygen atoms in total. The predicted molar refractivity (Wildman–Crippen MR) is 325 cm³/mol. The maximum absolute atomic E-state index is 11.4. The third-order valence-electron chi connectivity index (χ3n) is 17.3. The van der Waals surface area contributed by atoms with Crippen LogP contribution in [0.15, 0.2) is 48.5 Å². The van der Waals surface area contributed by atoms with E-state index in [0.717, 1.165) is 148 Å². The number of hydrogen-bond acceptors (Lipinski definition) is 12. The van der Waals surface area contributed by atoms with Gasteiger partial charge >= 0.3 is 19.5 Å². The van der Waals surface area contributed by atoms with Crippen molar-refractivity contribution in [1.29, 1.82) is 0 Å². The normalized spacial score (nSPS) is 13.1. The van der Waals surface area contributed by atoms with Crippen molar-refractivity contribution in [3.63, 3.8) is 0 Å². The fourth-order valence-electron chi connectivity index (χ4n) is 12.4. The number of aliphatic carboxylic acids is 4. The first-order valence-electron chi connectivity index (χ1n) is 29.1. The van der Waals surface area contributed by atoms with E-state index in [1.54, 1.807) is 0 Å². The average molecular weight is 1230 g/mol. The van der Waals surface area contributed by atoms with E-state index in [2.05, 4.69) is 87.5 Å². The van der Waals surface area contributed by atoms with Gasteiger partial charge in [0.05, 0.1) is 45.6 Å². The summed E-state index contributed by atoms with van der Waals surface area (Å²) in [6, 6.07) is 16.2. The van der Waals surface area contributed by atoms with E-state index in [9.17, 15) is 39.6 Å². The molecule has 10 heterocycles. The second-order valence-electron chi connectivity index (χ2n) is 22.2. The minimum absolute atomic E-state index is 0. The number of fused-ring (bicyclic) bond motifs is 16. The SMILES string of the molecule is CCc1c(C)c2cc3[nH]c(cc4nc(cc5nc(cc1[nH]2)C(C)=C5CCC(=O)[O-])C(CCC(=O)[O-])=C4C)c(C)c3CC.CCc1c(C)c2cc3[nH]c(cc4nc(cc5nc(cc1[nH]2)C(C)=C5CCC(=O)[O-])C(CCC(=O)[O-])=C4C)c(C)c3CC.[Ru+4]. The van der Waals surface area contributed by atoms with Crippen molar-refractivity contribution in [3.8, 4) is 0 Å². The summed E-state index contributed by atoms with van der Waals surface area (Å²) in [7, 11) is 0. The van der Waals surface area contributed by atoms with E-state index >= 15 is 0 Å². The van der Waals surface area contributed by atoms with Crippen molar-refractivity contribution in [2.45, 2.75) is 160 Å². The van der Waals surface area contributed by atoms with Crippen LogP contribution in [0.25, 0.3) is 88.7 Å². The molecule has 0 saturated heterocycles. The van der Waals surface area contributed by atoms with Gasteiger partial charge in [0.2, 0.25) is 0 Å². The summed E-state index contributed by atoms with van der Waals surface area (Å²) < 4.78 is 0. The summed E-state index contributed by atoms with van der Waals surface area (Å²) in [6.45, 7) is 24.9. The molecule has 10 rings (SSSR count). The van der Waals surface area contributed by atoms with Crippen LogP contribution in [0.4, 0.5) is 0 Å². The first kappa shape index (κ1) is 62.7. The molecule has 0 atom stereocenters. The minimum Gasteiger partial charge on any atom is -0.550 e. The molecule has 85 heavy (non-hydrogen) atoms. The molecule has 440 valence electrons. The number of aromatic amines is 4. The average Bonchev–Trinajstić information content (AvgIpc) is 1.94. The standard InChI is InChI=1S/2C34H38N4O4.Ru/c2*1-7-21-17(3)25-13-26-19(5)23(9-11-33(39)40)31(37-26)16-32-24(10-12-34(41)42)20(6)28(38-32)15-30-22(8-2)18(4)27(36-30)14-29(21)35-25;/h2*13-16,35-36H,7-12H2,1-6H3,(H,39,40)(H,41,42);/q;;+4/p-4. The topological polar surface area (TPSA) is 275 Å². The number of carbonyl (C=O) groups is 4. The van der Waals surface area contributed by atoms with E-state index in [-0.39, 0.29) is 70.8 Å². The van der Waals surface area contributed by atoms with Gasteiger partial charge < -0.3 is 59.5 Å². The monoisotopic (exact) mass is 1230 g/mol. The van der Waals surface area contributed by atoms with Crippen LogP contribution in [0.1, 0.15) is 197 Å². The molecule has 16 bridgehead atoms. The summed E-state index contributed by atoms with van der Waals surface area (Å²) in [5.41, 5.74) is 29.8. The van der Waals surface area contributed by atoms with Gasteiger partial charge in [-0.25, -0.2) is 19.9 Å². The number of carbonyl (C=O) groups excluding carboxylic acids is 4. The Balaban J connectivity index is 0.000000219. The first-order chi connectivity index (χ1) is 40.0. The summed E-state index contributed by atoms with van der Waals surface area (Å²) in [5, 5.41) is 45.7. The number of carboxylic acid groups (broad SMARTS) is 4. The Bertz CT molecular complexity index is 3980. The van der Waals surface area contributed by atoms with Crippen molar-refractivity contribution in [3.05, 3.63) is 139 Å². The molecule has 4 aliphatic rings. The second kappa shape index (κ2) is 25.9. The molecule has 6 aromatic heterocycles. The molecule has 6 aromatic rings. The number of carboxylic acids is 4. The zero-order valence-corrected chi connectivity index (χ0v) is 52.3. The molecule has 0 saturated carbocycles. The number of nitrogens with zero attached hydrogens (tertiary/aromatic N) is 4. The van der Waals surface area contributed by atoms with Crippen molar-refractivity contribution < 1.29 is 59.1 Å².